The summed E-state index contributed by atoms with van der Waals surface area (Å²) in [5.41, 5.74) is 4.10. The van der Waals surface area contributed by atoms with Crippen LogP contribution < -0.4 is 20.1 Å². The van der Waals surface area contributed by atoms with Crippen molar-refractivity contribution in [2.24, 2.45) is 0 Å². The first kappa shape index (κ1) is 21.0. The minimum absolute atomic E-state index is 0.102. The molecule has 1 atom stereocenters. The van der Waals surface area contributed by atoms with Gasteiger partial charge in [-0.15, -0.1) is 0 Å². The lowest BCUT2D eigenvalue weighted by Crippen LogP contribution is -2.43. The van der Waals surface area contributed by atoms with E-state index < -0.39 is 11.8 Å². The highest BCUT2D eigenvalue weighted by atomic mass is 16.7. The van der Waals surface area contributed by atoms with Gasteiger partial charge >= 0.3 is 11.8 Å². The van der Waals surface area contributed by atoms with Crippen LogP contribution in [-0.4, -0.2) is 41.6 Å². The van der Waals surface area contributed by atoms with Crippen LogP contribution >= 0.6 is 0 Å². The van der Waals surface area contributed by atoms with E-state index in [1.54, 1.807) is 24.4 Å². The van der Waals surface area contributed by atoms with Crippen LogP contribution in [0.1, 0.15) is 22.7 Å². The fourth-order valence-corrected chi connectivity index (χ4v) is 4.25. The number of carbonyl (C=O) groups excluding carboxylic acids is 2. The fourth-order valence-electron chi connectivity index (χ4n) is 4.25. The van der Waals surface area contributed by atoms with Gasteiger partial charge in [0.25, 0.3) is 0 Å². The summed E-state index contributed by atoms with van der Waals surface area (Å²) in [6.07, 6.45) is 4.47. The molecule has 0 unspecified atom stereocenters. The summed E-state index contributed by atoms with van der Waals surface area (Å²) in [5, 5.41) is 5.41. The van der Waals surface area contributed by atoms with Gasteiger partial charge in [0.1, 0.15) is 0 Å². The van der Waals surface area contributed by atoms with Crippen molar-refractivity contribution in [1.29, 1.82) is 0 Å². The number of rotatable bonds is 5. The summed E-state index contributed by atoms with van der Waals surface area (Å²) < 4.78 is 10.6. The number of nitrogens with one attached hydrogen (secondary N) is 2. The van der Waals surface area contributed by atoms with Gasteiger partial charge in [0.05, 0.1) is 6.04 Å². The Bertz CT molecular complexity index is 1170. The van der Waals surface area contributed by atoms with E-state index in [1.807, 2.05) is 24.4 Å². The zero-order valence-electron chi connectivity index (χ0n) is 18.0. The summed E-state index contributed by atoms with van der Waals surface area (Å²) in [7, 11) is 0. The number of nitrogens with zero attached hydrogens (tertiary/aromatic N) is 2. The van der Waals surface area contributed by atoms with Gasteiger partial charge in [-0.3, -0.25) is 19.5 Å². The van der Waals surface area contributed by atoms with E-state index in [0.717, 1.165) is 25.1 Å². The number of hydrogen-bond donors (Lipinski definition) is 2. The van der Waals surface area contributed by atoms with Crippen molar-refractivity contribution in [3.8, 4) is 11.5 Å². The predicted octanol–water partition coefficient (Wildman–Crippen LogP) is 2.66. The number of hydrogen-bond acceptors (Lipinski definition) is 6. The Balaban J connectivity index is 1.25. The molecule has 8 nitrogen and oxygen atoms in total. The largest absolute Gasteiger partial charge is 0.454 e. The highest BCUT2D eigenvalue weighted by Gasteiger charge is 2.26. The third-order valence-electron chi connectivity index (χ3n) is 5.96. The molecule has 3 aromatic rings. The Labute approximate surface area is 191 Å². The van der Waals surface area contributed by atoms with E-state index in [0.29, 0.717) is 23.7 Å². The lowest BCUT2D eigenvalue weighted by atomic mass is 9.97. The molecule has 0 fully saturated rings. The quantitative estimate of drug-likeness (QED) is 0.588. The molecule has 3 heterocycles. The number of anilines is 1. The van der Waals surface area contributed by atoms with E-state index >= 15 is 0 Å². The Morgan fingerprint density at radius 1 is 1.00 bits per heavy atom. The molecule has 0 aliphatic carbocycles. The summed E-state index contributed by atoms with van der Waals surface area (Å²) in [4.78, 5) is 31.6. The molecule has 33 heavy (non-hydrogen) atoms. The van der Waals surface area contributed by atoms with Crippen molar-refractivity contribution >= 4 is 17.5 Å². The van der Waals surface area contributed by atoms with E-state index in [4.69, 9.17) is 9.47 Å². The summed E-state index contributed by atoms with van der Waals surface area (Å²) in [5.74, 6) is -0.281. The Kier molecular flexibility index (Phi) is 5.91. The van der Waals surface area contributed by atoms with Gasteiger partial charge in [0.15, 0.2) is 11.5 Å². The fraction of sp³-hybridized carbons (Fsp3) is 0.240. The van der Waals surface area contributed by atoms with Crippen LogP contribution in [0.3, 0.4) is 0 Å². The molecule has 2 aromatic carbocycles. The van der Waals surface area contributed by atoms with Crippen LogP contribution in [0.4, 0.5) is 5.69 Å². The number of amides is 2. The molecule has 2 N–H and O–H groups in total. The zero-order chi connectivity index (χ0) is 22.6. The molecule has 0 saturated heterocycles. The second-order valence-electron chi connectivity index (χ2n) is 8.02. The van der Waals surface area contributed by atoms with Crippen LogP contribution in [0.25, 0.3) is 0 Å². The number of pyridine rings is 1. The number of benzene rings is 2. The van der Waals surface area contributed by atoms with Gasteiger partial charge in [-0.25, -0.2) is 0 Å². The molecular formula is C25H24N4O4. The molecule has 0 spiro atoms. The van der Waals surface area contributed by atoms with E-state index in [-0.39, 0.29) is 12.8 Å². The third kappa shape index (κ3) is 4.65. The molecule has 0 saturated carbocycles. The maximum absolute atomic E-state index is 12.6. The second-order valence-corrected chi connectivity index (χ2v) is 8.02. The second kappa shape index (κ2) is 9.30. The summed E-state index contributed by atoms with van der Waals surface area (Å²) in [6, 6.07) is 17.2. The molecule has 0 radical (unpaired) electrons. The maximum atomic E-state index is 12.6. The Hall–Kier alpha value is -3.91. The average molecular weight is 444 g/mol. The monoisotopic (exact) mass is 444 g/mol. The van der Waals surface area contributed by atoms with Crippen molar-refractivity contribution in [2.75, 3.05) is 25.2 Å². The normalized spacial score (nSPS) is 15.4. The van der Waals surface area contributed by atoms with Crippen molar-refractivity contribution in [3.63, 3.8) is 0 Å². The van der Waals surface area contributed by atoms with Crippen LogP contribution in [-0.2, 0) is 22.6 Å². The van der Waals surface area contributed by atoms with Crippen LogP contribution in [0.5, 0.6) is 11.5 Å². The highest BCUT2D eigenvalue weighted by molar-refractivity contribution is 6.39. The van der Waals surface area contributed by atoms with E-state index in [1.165, 1.54) is 11.1 Å². The molecular weight excluding hydrogens is 420 g/mol. The SMILES string of the molecule is O=C(NC[C@@H](c1cccnc1)N1CCc2ccccc2C1)C(=O)Nc1ccc2c(c1)OCO2. The van der Waals surface area contributed by atoms with Crippen molar-refractivity contribution in [3.05, 3.63) is 83.7 Å². The first-order chi connectivity index (χ1) is 16.2. The highest BCUT2D eigenvalue weighted by Crippen LogP contribution is 2.34. The van der Waals surface area contributed by atoms with Gasteiger partial charge in [0.2, 0.25) is 6.79 Å². The van der Waals surface area contributed by atoms with Crippen LogP contribution in [0.2, 0.25) is 0 Å². The molecule has 8 heteroatoms. The predicted molar refractivity (Wildman–Crippen MR) is 122 cm³/mol. The Morgan fingerprint density at radius 3 is 2.70 bits per heavy atom. The standard InChI is InChI=1S/C25H24N4O4/c30-24(25(31)28-20-7-8-22-23(12-20)33-16-32-22)27-14-21(18-6-3-10-26-13-18)29-11-9-17-4-1-2-5-19(17)15-29/h1-8,10,12-13,21H,9,11,14-16H2,(H,27,30)(H,28,31)/t21-/m0/s1. The Morgan fingerprint density at radius 2 is 1.85 bits per heavy atom. The molecule has 0 bridgehead atoms. The van der Waals surface area contributed by atoms with Crippen molar-refractivity contribution < 1.29 is 19.1 Å². The van der Waals surface area contributed by atoms with Crippen LogP contribution in [0, 0.1) is 0 Å². The minimum atomic E-state index is -0.734. The van der Waals surface area contributed by atoms with Gasteiger partial charge in [-0.1, -0.05) is 30.3 Å². The smallest absolute Gasteiger partial charge is 0.313 e. The number of aromatic nitrogens is 1. The molecule has 2 aliphatic rings. The molecule has 5 rings (SSSR count). The summed E-state index contributed by atoms with van der Waals surface area (Å²) >= 11 is 0. The molecule has 2 amide bonds. The molecule has 1 aromatic heterocycles. The topological polar surface area (TPSA) is 92.8 Å². The number of carbonyl (C=O) groups is 2. The lowest BCUT2D eigenvalue weighted by Gasteiger charge is -2.35. The van der Waals surface area contributed by atoms with Gasteiger partial charge in [0, 0.05) is 43.8 Å². The van der Waals surface area contributed by atoms with Gasteiger partial charge in [-0.2, -0.15) is 0 Å². The summed E-state index contributed by atoms with van der Waals surface area (Å²) in [6.45, 7) is 2.07. The first-order valence-corrected chi connectivity index (χ1v) is 10.9. The molecule has 2 aliphatic heterocycles. The average Bonchev–Trinajstić information content (AvgIpc) is 3.32. The zero-order valence-corrected chi connectivity index (χ0v) is 18.0. The first-order valence-electron chi connectivity index (χ1n) is 10.9. The van der Waals surface area contributed by atoms with E-state index in [9.17, 15) is 9.59 Å². The van der Waals surface area contributed by atoms with Crippen molar-refractivity contribution in [2.45, 2.75) is 19.0 Å². The lowest BCUT2D eigenvalue weighted by molar-refractivity contribution is -0.136. The van der Waals surface area contributed by atoms with Crippen molar-refractivity contribution in [1.82, 2.24) is 15.2 Å². The maximum Gasteiger partial charge on any atom is 0.313 e. The number of fused-ring (bicyclic) bond motifs is 2. The third-order valence-corrected chi connectivity index (χ3v) is 5.96. The van der Waals surface area contributed by atoms with E-state index in [2.05, 4.69) is 38.7 Å². The van der Waals surface area contributed by atoms with Gasteiger partial charge < -0.3 is 20.1 Å². The van der Waals surface area contributed by atoms with Crippen LogP contribution in [0.15, 0.2) is 67.0 Å². The van der Waals surface area contributed by atoms with Gasteiger partial charge in [-0.05, 0) is 41.3 Å². The minimum Gasteiger partial charge on any atom is -0.454 e. The molecule has 168 valence electrons. The number of ether oxygens (including phenoxy) is 2.